The number of Topliss-reactive ketones (excluding diaryl/α,β-unsaturated/α-hetero) is 1. The second-order valence-electron chi connectivity index (χ2n) is 4.50. The molecule has 0 saturated carbocycles. The molecule has 2 nitrogen and oxygen atoms in total. The third kappa shape index (κ3) is 2.89. The van der Waals surface area contributed by atoms with Crippen molar-refractivity contribution in [3.63, 3.8) is 0 Å². The number of nitrogens with zero attached hydrogens (tertiary/aromatic N) is 1. The van der Waals surface area contributed by atoms with Crippen LogP contribution in [-0.2, 0) is 0 Å². The number of nitriles is 1. The quantitative estimate of drug-likeness (QED) is 0.797. The molecule has 0 aliphatic carbocycles. The van der Waals surface area contributed by atoms with Gasteiger partial charge in [-0.2, -0.15) is 5.26 Å². The van der Waals surface area contributed by atoms with E-state index in [0.717, 1.165) is 17.7 Å². The lowest BCUT2D eigenvalue weighted by Gasteiger charge is -2.09. The van der Waals surface area contributed by atoms with Gasteiger partial charge in [-0.1, -0.05) is 23.8 Å². The van der Waals surface area contributed by atoms with Crippen molar-refractivity contribution in [2.24, 2.45) is 0 Å². The van der Waals surface area contributed by atoms with Crippen molar-refractivity contribution in [1.82, 2.24) is 0 Å². The summed E-state index contributed by atoms with van der Waals surface area (Å²) in [6.07, 6.45) is 0. The minimum Gasteiger partial charge on any atom is -0.292 e. The lowest BCUT2D eigenvalue weighted by molar-refractivity contribution is 0.0978. The fourth-order valence-corrected chi connectivity index (χ4v) is 1.99. The Morgan fingerprint density at radius 1 is 1.15 bits per heavy atom. The SMILES string of the molecule is Cc1cccc(C(=O)C(C#N)c2cc(F)cc(F)c2)c1. The average molecular weight is 271 g/mol. The molecule has 2 rings (SSSR count). The zero-order chi connectivity index (χ0) is 14.7. The maximum atomic E-state index is 13.2. The molecule has 0 N–H and O–H groups in total. The van der Waals surface area contributed by atoms with Crippen LogP contribution in [0.1, 0.15) is 27.4 Å². The van der Waals surface area contributed by atoms with Crippen LogP contribution in [0.25, 0.3) is 0 Å². The highest BCUT2D eigenvalue weighted by molar-refractivity contribution is 6.02. The molecule has 0 bridgehead atoms. The molecule has 4 heteroatoms. The molecule has 0 amide bonds. The standard InChI is InChI=1S/C16H11F2NO/c1-10-3-2-4-11(5-10)16(20)15(9-19)12-6-13(17)8-14(18)7-12/h2-8,15H,1H3. The van der Waals surface area contributed by atoms with Gasteiger partial charge >= 0.3 is 0 Å². The number of aryl methyl sites for hydroxylation is 1. The summed E-state index contributed by atoms with van der Waals surface area (Å²) >= 11 is 0. The third-order valence-corrected chi connectivity index (χ3v) is 2.91. The molecule has 1 unspecified atom stereocenters. The minimum atomic E-state index is -1.22. The second kappa shape index (κ2) is 5.62. The van der Waals surface area contributed by atoms with E-state index in [4.69, 9.17) is 5.26 Å². The average Bonchev–Trinajstić information content (AvgIpc) is 2.38. The minimum absolute atomic E-state index is 0.0245. The Hall–Kier alpha value is -2.54. The summed E-state index contributed by atoms with van der Waals surface area (Å²) in [5.74, 6) is -3.31. The number of rotatable bonds is 3. The van der Waals surface area contributed by atoms with Crippen LogP contribution >= 0.6 is 0 Å². The zero-order valence-electron chi connectivity index (χ0n) is 10.7. The van der Waals surface area contributed by atoms with Gasteiger partial charge in [-0.05, 0) is 30.7 Å². The molecular formula is C16H11F2NO. The normalized spacial score (nSPS) is 11.7. The first-order chi connectivity index (χ1) is 9.51. The van der Waals surface area contributed by atoms with Crippen LogP contribution in [-0.4, -0.2) is 5.78 Å². The Labute approximate surface area is 115 Å². The molecule has 100 valence electrons. The van der Waals surface area contributed by atoms with Crippen molar-refractivity contribution in [1.29, 1.82) is 5.26 Å². The molecule has 0 fully saturated rings. The van der Waals surface area contributed by atoms with Gasteiger partial charge < -0.3 is 0 Å². The number of carbonyl (C=O) groups is 1. The van der Waals surface area contributed by atoms with E-state index in [2.05, 4.69) is 0 Å². The number of hydrogen-bond donors (Lipinski definition) is 0. The van der Waals surface area contributed by atoms with Crippen LogP contribution in [0.15, 0.2) is 42.5 Å². The highest BCUT2D eigenvalue weighted by Crippen LogP contribution is 2.22. The van der Waals surface area contributed by atoms with Crippen molar-refractivity contribution in [3.8, 4) is 6.07 Å². The van der Waals surface area contributed by atoms with Gasteiger partial charge in [-0.3, -0.25) is 4.79 Å². The highest BCUT2D eigenvalue weighted by atomic mass is 19.1. The summed E-state index contributed by atoms with van der Waals surface area (Å²) in [5.41, 5.74) is 1.25. The third-order valence-electron chi connectivity index (χ3n) is 2.91. The van der Waals surface area contributed by atoms with Crippen LogP contribution in [0.4, 0.5) is 8.78 Å². The molecule has 0 aliphatic heterocycles. The Bertz CT molecular complexity index is 684. The van der Waals surface area contributed by atoms with Gasteiger partial charge in [0, 0.05) is 11.6 Å². The highest BCUT2D eigenvalue weighted by Gasteiger charge is 2.23. The molecule has 0 aliphatic rings. The molecular weight excluding hydrogens is 260 g/mol. The molecule has 0 aromatic heterocycles. The number of ketones is 1. The molecule has 0 spiro atoms. The predicted octanol–water partition coefficient (Wildman–Crippen LogP) is 3.76. The van der Waals surface area contributed by atoms with E-state index in [-0.39, 0.29) is 5.56 Å². The van der Waals surface area contributed by atoms with Crippen molar-refractivity contribution >= 4 is 5.78 Å². The van der Waals surface area contributed by atoms with E-state index < -0.39 is 23.3 Å². The Morgan fingerprint density at radius 2 is 1.80 bits per heavy atom. The number of hydrogen-bond acceptors (Lipinski definition) is 2. The first-order valence-electron chi connectivity index (χ1n) is 5.98. The van der Waals surface area contributed by atoms with Gasteiger partial charge in [0.25, 0.3) is 0 Å². The fraction of sp³-hybridized carbons (Fsp3) is 0.125. The van der Waals surface area contributed by atoms with Crippen LogP contribution < -0.4 is 0 Å². The Balaban J connectivity index is 2.42. The molecule has 2 aromatic carbocycles. The largest absolute Gasteiger partial charge is 0.292 e. The number of carbonyl (C=O) groups excluding carboxylic acids is 1. The number of benzene rings is 2. The molecule has 0 radical (unpaired) electrons. The van der Waals surface area contributed by atoms with Crippen molar-refractivity contribution in [2.75, 3.05) is 0 Å². The fourth-order valence-electron chi connectivity index (χ4n) is 1.99. The smallest absolute Gasteiger partial charge is 0.184 e. The summed E-state index contributed by atoms with van der Waals surface area (Å²) in [7, 11) is 0. The second-order valence-corrected chi connectivity index (χ2v) is 4.50. The van der Waals surface area contributed by atoms with Crippen molar-refractivity contribution in [2.45, 2.75) is 12.8 Å². The van der Waals surface area contributed by atoms with Gasteiger partial charge in [0.05, 0.1) is 6.07 Å². The van der Waals surface area contributed by atoms with Gasteiger partial charge in [-0.25, -0.2) is 8.78 Å². The predicted molar refractivity (Wildman–Crippen MR) is 70.2 cm³/mol. The van der Waals surface area contributed by atoms with Crippen LogP contribution in [0.2, 0.25) is 0 Å². The van der Waals surface area contributed by atoms with Gasteiger partial charge in [0.15, 0.2) is 5.78 Å². The maximum Gasteiger partial charge on any atom is 0.184 e. The van der Waals surface area contributed by atoms with E-state index in [1.54, 1.807) is 18.2 Å². The van der Waals surface area contributed by atoms with E-state index in [1.807, 2.05) is 19.1 Å². The van der Waals surface area contributed by atoms with E-state index in [1.165, 1.54) is 0 Å². The summed E-state index contributed by atoms with van der Waals surface area (Å²) < 4.78 is 26.4. The van der Waals surface area contributed by atoms with Gasteiger partial charge in [0.2, 0.25) is 0 Å². The van der Waals surface area contributed by atoms with Crippen molar-refractivity contribution < 1.29 is 13.6 Å². The van der Waals surface area contributed by atoms with E-state index in [0.29, 0.717) is 11.6 Å². The molecule has 20 heavy (non-hydrogen) atoms. The first kappa shape index (κ1) is 13.9. The van der Waals surface area contributed by atoms with Crippen molar-refractivity contribution in [3.05, 3.63) is 70.8 Å². The summed E-state index contributed by atoms with van der Waals surface area (Å²) in [6, 6.07) is 11.3. The van der Waals surface area contributed by atoms with E-state index in [9.17, 15) is 13.6 Å². The number of halogens is 2. The van der Waals surface area contributed by atoms with Gasteiger partial charge in [0.1, 0.15) is 17.6 Å². The van der Waals surface area contributed by atoms with E-state index >= 15 is 0 Å². The lowest BCUT2D eigenvalue weighted by Crippen LogP contribution is -2.12. The monoisotopic (exact) mass is 271 g/mol. The maximum absolute atomic E-state index is 13.2. The summed E-state index contributed by atoms with van der Waals surface area (Å²) in [4.78, 5) is 12.3. The Kier molecular flexibility index (Phi) is 3.90. The topological polar surface area (TPSA) is 40.9 Å². The lowest BCUT2D eigenvalue weighted by atomic mass is 9.91. The summed E-state index contributed by atoms with van der Waals surface area (Å²) in [5, 5.41) is 9.15. The summed E-state index contributed by atoms with van der Waals surface area (Å²) in [6.45, 7) is 1.82. The molecule has 0 saturated heterocycles. The molecule has 0 heterocycles. The Morgan fingerprint density at radius 3 is 2.35 bits per heavy atom. The van der Waals surface area contributed by atoms with Crippen LogP contribution in [0, 0.1) is 29.9 Å². The van der Waals surface area contributed by atoms with Crippen LogP contribution in [0.5, 0.6) is 0 Å². The molecule has 2 aromatic rings. The first-order valence-corrected chi connectivity index (χ1v) is 5.98. The van der Waals surface area contributed by atoms with Gasteiger partial charge in [-0.15, -0.1) is 0 Å². The molecule has 1 atom stereocenters. The van der Waals surface area contributed by atoms with Crippen LogP contribution in [0.3, 0.4) is 0 Å². The zero-order valence-corrected chi connectivity index (χ0v) is 10.7.